The third-order valence-corrected chi connectivity index (χ3v) is 6.90. The lowest BCUT2D eigenvalue weighted by Gasteiger charge is -2.40. The van der Waals surface area contributed by atoms with Gasteiger partial charge in [0, 0.05) is 25.2 Å². The van der Waals surface area contributed by atoms with Crippen LogP contribution in [0.25, 0.3) is 0 Å². The molecule has 1 fully saturated rings. The van der Waals surface area contributed by atoms with Gasteiger partial charge in [-0.05, 0) is 80.8 Å². The summed E-state index contributed by atoms with van der Waals surface area (Å²) < 4.78 is 63.5. The number of hydrogen-bond donors (Lipinski definition) is 3. The van der Waals surface area contributed by atoms with Gasteiger partial charge in [0.25, 0.3) is 0 Å². The standard InChI is InChI=1S/C24H31N3O.2C2HF3O2/c1-18(2)26-23(28)15-19-16-24(22-9-4-3-8-21(19)22)10-13-27(14-11-24)17-20-7-5-6-12-25-20;2*3-2(4,5)1(6)7/h3-9,12,18-19H,10-11,13-17H2,1-2H3,(H,26,28);2*(H,6,7). The number of carboxylic acids is 2. The summed E-state index contributed by atoms with van der Waals surface area (Å²) >= 11 is 0. The molecule has 0 radical (unpaired) electrons. The predicted molar refractivity (Wildman–Crippen MR) is 140 cm³/mol. The number of alkyl halides is 6. The van der Waals surface area contributed by atoms with E-state index in [0.717, 1.165) is 31.7 Å². The van der Waals surface area contributed by atoms with E-state index in [1.54, 1.807) is 0 Å². The van der Waals surface area contributed by atoms with Gasteiger partial charge in [-0.25, -0.2) is 9.59 Å². The summed E-state index contributed by atoms with van der Waals surface area (Å²) in [5, 5.41) is 17.3. The van der Waals surface area contributed by atoms with Crippen molar-refractivity contribution in [2.75, 3.05) is 13.1 Å². The summed E-state index contributed by atoms with van der Waals surface area (Å²) in [4.78, 5) is 37.2. The molecule has 1 atom stereocenters. The van der Waals surface area contributed by atoms with Crippen LogP contribution in [0.1, 0.15) is 62.3 Å². The van der Waals surface area contributed by atoms with Crippen molar-refractivity contribution in [1.29, 1.82) is 0 Å². The third-order valence-electron chi connectivity index (χ3n) is 6.90. The Morgan fingerprint density at radius 1 is 0.952 bits per heavy atom. The highest BCUT2D eigenvalue weighted by Crippen LogP contribution is 2.52. The number of fused-ring (bicyclic) bond motifs is 2. The van der Waals surface area contributed by atoms with E-state index in [9.17, 15) is 31.1 Å². The lowest BCUT2D eigenvalue weighted by Crippen LogP contribution is -2.41. The fourth-order valence-corrected chi connectivity index (χ4v) is 5.15. The quantitative estimate of drug-likeness (QED) is 0.397. The number of hydrogen-bond acceptors (Lipinski definition) is 5. The molecule has 0 saturated carbocycles. The molecule has 1 spiro atoms. The Labute approximate surface area is 238 Å². The zero-order valence-electron chi connectivity index (χ0n) is 23.0. The molecule has 1 unspecified atom stereocenters. The van der Waals surface area contributed by atoms with Gasteiger partial charge in [-0.2, -0.15) is 26.3 Å². The predicted octanol–water partition coefficient (Wildman–Crippen LogP) is 5.28. The number of carbonyl (C=O) groups is 3. The van der Waals surface area contributed by atoms with Crippen LogP contribution in [0.2, 0.25) is 0 Å². The largest absolute Gasteiger partial charge is 0.490 e. The fraction of sp³-hybridized carbons (Fsp3) is 0.500. The van der Waals surface area contributed by atoms with Crippen molar-refractivity contribution in [1.82, 2.24) is 15.2 Å². The van der Waals surface area contributed by atoms with E-state index in [4.69, 9.17) is 19.8 Å². The van der Waals surface area contributed by atoms with Crippen molar-refractivity contribution in [2.24, 2.45) is 0 Å². The molecule has 1 aromatic heterocycles. The number of benzene rings is 1. The van der Waals surface area contributed by atoms with E-state index in [1.165, 1.54) is 24.0 Å². The number of aromatic nitrogens is 1. The van der Waals surface area contributed by atoms with Gasteiger partial charge in [0.1, 0.15) is 0 Å². The van der Waals surface area contributed by atoms with Gasteiger partial charge in [0.2, 0.25) is 5.91 Å². The number of carbonyl (C=O) groups excluding carboxylic acids is 1. The van der Waals surface area contributed by atoms with Crippen LogP contribution in [-0.2, 0) is 26.3 Å². The number of pyridine rings is 1. The van der Waals surface area contributed by atoms with E-state index < -0.39 is 24.3 Å². The Bertz CT molecular complexity index is 1170. The molecule has 3 N–H and O–H groups in total. The Hall–Kier alpha value is -3.68. The Morgan fingerprint density at radius 3 is 1.95 bits per heavy atom. The highest BCUT2D eigenvalue weighted by molar-refractivity contribution is 5.77. The molecule has 1 saturated heterocycles. The highest BCUT2D eigenvalue weighted by Gasteiger charge is 2.45. The molecule has 2 aromatic rings. The van der Waals surface area contributed by atoms with Crippen LogP contribution in [0, 0.1) is 0 Å². The van der Waals surface area contributed by atoms with Crippen molar-refractivity contribution >= 4 is 17.8 Å². The third kappa shape index (κ3) is 10.3. The minimum atomic E-state index is -5.08. The van der Waals surface area contributed by atoms with Gasteiger partial charge >= 0.3 is 24.3 Å². The van der Waals surface area contributed by atoms with Crippen LogP contribution in [0.3, 0.4) is 0 Å². The number of aliphatic carboxylic acids is 2. The van der Waals surface area contributed by atoms with Gasteiger partial charge in [-0.1, -0.05) is 30.3 Å². The first kappa shape index (κ1) is 34.5. The monoisotopic (exact) mass is 605 g/mol. The zero-order chi connectivity index (χ0) is 31.7. The van der Waals surface area contributed by atoms with Crippen molar-refractivity contribution in [2.45, 2.75) is 75.8 Å². The summed E-state index contributed by atoms with van der Waals surface area (Å²) in [6, 6.07) is 15.2. The van der Waals surface area contributed by atoms with Crippen LogP contribution >= 0.6 is 0 Å². The zero-order valence-corrected chi connectivity index (χ0v) is 23.0. The normalized spacial score (nSPS) is 17.8. The van der Waals surface area contributed by atoms with Gasteiger partial charge in [0.15, 0.2) is 0 Å². The molecular weight excluding hydrogens is 572 g/mol. The lowest BCUT2D eigenvalue weighted by atomic mass is 9.73. The fourth-order valence-electron chi connectivity index (χ4n) is 5.15. The number of rotatable bonds is 5. The second kappa shape index (κ2) is 14.5. The van der Waals surface area contributed by atoms with Crippen LogP contribution < -0.4 is 5.32 Å². The summed E-state index contributed by atoms with van der Waals surface area (Å²) in [5.41, 5.74) is 4.28. The molecule has 8 nitrogen and oxygen atoms in total. The lowest BCUT2D eigenvalue weighted by molar-refractivity contribution is -0.193. The molecule has 1 aliphatic carbocycles. The molecule has 42 heavy (non-hydrogen) atoms. The van der Waals surface area contributed by atoms with Crippen molar-refractivity contribution < 1.29 is 50.9 Å². The van der Waals surface area contributed by atoms with Gasteiger partial charge < -0.3 is 15.5 Å². The molecule has 2 aliphatic rings. The minimum absolute atomic E-state index is 0.180. The van der Waals surface area contributed by atoms with E-state index in [-0.39, 0.29) is 17.4 Å². The smallest absolute Gasteiger partial charge is 0.475 e. The van der Waals surface area contributed by atoms with Crippen molar-refractivity contribution in [3.63, 3.8) is 0 Å². The van der Waals surface area contributed by atoms with Crippen LogP contribution in [-0.4, -0.2) is 69.4 Å². The summed E-state index contributed by atoms with van der Waals surface area (Å²) in [7, 11) is 0. The molecular formula is C28H33F6N3O5. The van der Waals surface area contributed by atoms with Crippen LogP contribution in [0.4, 0.5) is 26.3 Å². The van der Waals surface area contributed by atoms with Crippen LogP contribution in [0.15, 0.2) is 48.7 Å². The minimum Gasteiger partial charge on any atom is -0.475 e. The van der Waals surface area contributed by atoms with Crippen molar-refractivity contribution in [3.8, 4) is 0 Å². The highest BCUT2D eigenvalue weighted by atomic mass is 19.4. The first-order chi connectivity index (χ1) is 19.4. The Morgan fingerprint density at radius 2 is 1.48 bits per heavy atom. The van der Waals surface area contributed by atoms with E-state index in [1.807, 2.05) is 26.1 Å². The molecule has 4 rings (SSSR count). The van der Waals surface area contributed by atoms with E-state index in [2.05, 4.69) is 51.6 Å². The maximum Gasteiger partial charge on any atom is 0.490 e. The van der Waals surface area contributed by atoms with Crippen LogP contribution in [0.5, 0.6) is 0 Å². The van der Waals surface area contributed by atoms with Gasteiger partial charge in [0.05, 0.1) is 5.69 Å². The summed E-state index contributed by atoms with van der Waals surface area (Å²) in [6.07, 6.45) is -4.25. The number of likely N-dealkylation sites (tertiary alicyclic amines) is 1. The number of nitrogens with one attached hydrogen (secondary N) is 1. The SMILES string of the molecule is CC(C)NC(=O)CC1CC2(CCN(Cc3ccccn3)CC2)c2ccccc21.O=C(O)C(F)(F)F.O=C(O)C(F)(F)F. The summed E-state index contributed by atoms with van der Waals surface area (Å²) in [5.74, 6) is -4.99. The first-order valence-electron chi connectivity index (χ1n) is 13.1. The molecule has 1 aliphatic heterocycles. The number of piperidine rings is 1. The second-order valence-corrected chi connectivity index (χ2v) is 10.4. The average Bonchev–Trinajstić information content (AvgIpc) is 3.18. The number of amides is 1. The number of nitrogens with zero attached hydrogens (tertiary/aromatic N) is 2. The molecule has 2 heterocycles. The Kier molecular flexibility index (Phi) is 11.9. The summed E-state index contributed by atoms with van der Waals surface area (Å²) in [6.45, 7) is 7.17. The maximum atomic E-state index is 12.4. The van der Waals surface area contributed by atoms with E-state index in [0.29, 0.717) is 12.3 Å². The van der Waals surface area contributed by atoms with Crippen molar-refractivity contribution in [3.05, 3.63) is 65.5 Å². The Balaban J connectivity index is 0.000000367. The topological polar surface area (TPSA) is 120 Å². The van der Waals surface area contributed by atoms with Gasteiger partial charge in [-0.3, -0.25) is 14.7 Å². The van der Waals surface area contributed by atoms with Gasteiger partial charge in [-0.15, -0.1) is 0 Å². The molecule has 232 valence electrons. The maximum absolute atomic E-state index is 12.4. The first-order valence-corrected chi connectivity index (χ1v) is 13.1. The molecule has 1 aromatic carbocycles. The average molecular weight is 606 g/mol. The molecule has 1 amide bonds. The van der Waals surface area contributed by atoms with E-state index >= 15 is 0 Å². The molecule has 14 heteroatoms. The molecule has 0 bridgehead atoms. The second-order valence-electron chi connectivity index (χ2n) is 10.4. The number of carboxylic acid groups (broad SMARTS) is 2. The number of halogens is 6.